The maximum Gasteiger partial charge on any atom is 0.218 e. The summed E-state index contributed by atoms with van der Waals surface area (Å²) in [5.41, 5.74) is 0.803. The lowest BCUT2D eigenvalue weighted by molar-refractivity contribution is 0.383. The van der Waals surface area contributed by atoms with Crippen LogP contribution in [0.1, 0.15) is 43.0 Å². The van der Waals surface area contributed by atoms with Crippen LogP contribution in [0.5, 0.6) is 0 Å². The second-order valence-electron chi connectivity index (χ2n) is 5.50. The molecular formula is C15H20N4O2S. The molecule has 0 spiro atoms. The zero-order chi connectivity index (χ0) is 15.6. The Labute approximate surface area is 130 Å². The van der Waals surface area contributed by atoms with E-state index < -0.39 is 10.0 Å². The second kappa shape index (κ2) is 6.18. The summed E-state index contributed by atoms with van der Waals surface area (Å²) >= 11 is 0. The van der Waals surface area contributed by atoms with Crippen molar-refractivity contribution < 1.29 is 8.42 Å². The van der Waals surface area contributed by atoms with E-state index in [2.05, 4.69) is 15.2 Å². The highest BCUT2D eigenvalue weighted by Gasteiger charge is 2.37. The topological polar surface area (TPSA) is 79.0 Å². The molecule has 0 radical (unpaired) electrons. The largest absolute Gasteiger partial charge is 0.263 e. The third kappa shape index (κ3) is 3.05. The number of rotatable bonds is 5. The van der Waals surface area contributed by atoms with Gasteiger partial charge in [0.1, 0.15) is 5.82 Å². The molecule has 1 aromatic heterocycles. The highest BCUT2D eigenvalue weighted by Crippen LogP contribution is 2.33. The molecule has 1 atom stereocenters. The molecule has 7 heteroatoms. The minimum absolute atomic E-state index is 0.0232. The van der Waals surface area contributed by atoms with Gasteiger partial charge >= 0.3 is 0 Å². The van der Waals surface area contributed by atoms with Crippen molar-refractivity contribution in [3.05, 3.63) is 47.5 Å². The summed E-state index contributed by atoms with van der Waals surface area (Å²) in [5.74, 6) is 1.41. The van der Waals surface area contributed by atoms with Gasteiger partial charge in [-0.1, -0.05) is 37.3 Å². The first kappa shape index (κ1) is 15.2. The third-order valence-corrected chi connectivity index (χ3v) is 5.78. The summed E-state index contributed by atoms with van der Waals surface area (Å²) in [7, 11) is -3.37. The zero-order valence-electron chi connectivity index (χ0n) is 12.6. The Morgan fingerprint density at radius 1 is 1.32 bits per heavy atom. The van der Waals surface area contributed by atoms with Gasteiger partial charge in [0.25, 0.3) is 0 Å². The quantitative estimate of drug-likeness (QED) is 0.914. The number of H-pyrrole nitrogens is 1. The Balaban J connectivity index is 1.82. The molecule has 2 heterocycles. The van der Waals surface area contributed by atoms with Gasteiger partial charge in [0, 0.05) is 13.0 Å². The Kier molecular flexibility index (Phi) is 4.26. The van der Waals surface area contributed by atoms with Crippen LogP contribution in [0.15, 0.2) is 30.3 Å². The molecule has 0 aliphatic carbocycles. The molecular weight excluding hydrogens is 300 g/mol. The number of aromatic amines is 1. The van der Waals surface area contributed by atoms with Crippen molar-refractivity contribution >= 4 is 10.0 Å². The summed E-state index contributed by atoms with van der Waals surface area (Å²) in [5, 5.41) is 7.07. The smallest absolute Gasteiger partial charge is 0.218 e. The van der Waals surface area contributed by atoms with Crippen LogP contribution in [0, 0.1) is 0 Å². The molecule has 0 unspecified atom stereocenters. The molecule has 1 aromatic carbocycles. The van der Waals surface area contributed by atoms with E-state index >= 15 is 0 Å². The van der Waals surface area contributed by atoms with Crippen LogP contribution in [0.25, 0.3) is 0 Å². The van der Waals surface area contributed by atoms with E-state index in [1.807, 2.05) is 37.3 Å². The van der Waals surface area contributed by atoms with Crippen LogP contribution in [0.2, 0.25) is 0 Å². The Bertz CT molecular complexity index is 727. The molecule has 22 heavy (non-hydrogen) atoms. The summed E-state index contributed by atoms with van der Waals surface area (Å²) in [6.45, 7) is 2.53. The molecule has 0 bridgehead atoms. The maximum atomic E-state index is 12.7. The number of nitrogens with zero attached hydrogens (tertiary/aromatic N) is 3. The number of aryl methyl sites for hydroxylation is 1. The molecule has 1 fully saturated rings. The van der Waals surface area contributed by atoms with Crippen LogP contribution >= 0.6 is 0 Å². The van der Waals surface area contributed by atoms with Gasteiger partial charge < -0.3 is 0 Å². The average Bonchev–Trinajstić information content (AvgIpc) is 3.16. The van der Waals surface area contributed by atoms with Gasteiger partial charge in [0.05, 0.1) is 11.8 Å². The van der Waals surface area contributed by atoms with Crippen molar-refractivity contribution in [3.8, 4) is 0 Å². The van der Waals surface area contributed by atoms with E-state index in [-0.39, 0.29) is 11.8 Å². The highest BCUT2D eigenvalue weighted by atomic mass is 32.2. The fourth-order valence-corrected chi connectivity index (χ4v) is 4.59. The minimum atomic E-state index is -3.37. The Morgan fingerprint density at radius 2 is 2.09 bits per heavy atom. The maximum absolute atomic E-state index is 12.7. The van der Waals surface area contributed by atoms with E-state index in [0.717, 1.165) is 30.7 Å². The first-order chi connectivity index (χ1) is 10.6. The third-order valence-electron chi connectivity index (χ3n) is 3.93. The van der Waals surface area contributed by atoms with Gasteiger partial charge in [-0.05, 0) is 18.4 Å². The Morgan fingerprint density at radius 3 is 2.77 bits per heavy atom. The monoisotopic (exact) mass is 320 g/mol. The van der Waals surface area contributed by atoms with Crippen molar-refractivity contribution in [3.63, 3.8) is 0 Å². The van der Waals surface area contributed by atoms with E-state index in [4.69, 9.17) is 0 Å². The second-order valence-corrected chi connectivity index (χ2v) is 7.43. The van der Waals surface area contributed by atoms with Gasteiger partial charge in [-0.3, -0.25) is 5.10 Å². The van der Waals surface area contributed by atoms with Crippen LogP contribution in [0.3, 0.4) is 0 Å². The molecule has 0 amide bonds. The van der Waals surface area contributed by atoms with Crippen molar-refractivity contribution in [1.82, 2.24) is 19.5 Å². The molecule has 118 valence electrons. The van der Waals surface area contributed by atoms with Gasteiger partial charge in [0.2, 0.25) is 10.0 Å². The van der Waals surface area contributed by atoms with Crippen LogP contribution in [-0.4, -0.2) is 34.4 Å². The normalized spacial score (nSPS) is 19.6. The number of hydrogen-bond acceptors (Lipinski definition) is 4. The molecule has 1 saturated heterocycles. The molecule has 1 N–H and O–H groups in total. The lowest BCUT2D eigenvalue weighted by Gasteiger charge is -2.22. The van der Waals surface area contributed by atoms with E-state index in [1.165, 1.54) is 0 Å². The first-order valence-corrected chi connectivity index (χ1v) is 9.15. The Hall–Kier alpha value is -1.73. The molecule has 6 nitrogen and oxygen atoms in total. The van der Waals surface area contributed by atoms with Crippen molar-refractivity contribution in [2.75, 3.05) is 6.54 Å². The highest BCUT2D eigenvalue weighted by molar-refractivity contribution is 7.88. The number of aromatic nitrogens is 3. The SMILES string of the molecule is CCc1nc([C@@H]2CCCN2S(=O)(=O)Cc2ccccc2)n[nH]1. The van der Waals surface area contributed by atoms with E-state index in [1.54, 1.807) is 4.31 Å². The van der Waals surface area contributed by atoms with Gasteiger partial charge in [-0.25, -0.2) is 13.4 Å². The lowest BCUT2D eigenvalue weighted by Crippen LogP contribution is -2.32. The molecule has 0 saturated carbocycles. The number of sulfonamides is 1. The van der Waals surface area contributed by atoms with Gasteiger partial charge in [0.15, 0.2) is 5.82 Å². The van der Waals surface area contributed by atoms with Crippen LogP contribution in [-0.2, 0) is 22.2 Å². The van der Waals surface area contributed by atoms with E-state index in [9.17, 15) is 8.42 Å². The van der Waals surface area contributed by atoms with Crippen LogP contribution < -0.4 is 0 Å². The summed E-state index contributed by atoms with van der Waals surface area (Å²) in [6.07, 6.45) is 2.38. The van der Waals surface area contributed by atoms with Gasteiger partial charge in [-0.2, -0.15) is 9.40 Å². The zero-order valence-corrected chi connectivity index (χ0v) is 13.4. The van der Waals surface area contributed by atoms with E-state index in [0.29, 0.717) is 12.4 Å². The van der Waals surface area contributed by atoms with Crippen molar-refractivity contribution in [2.45, 2.75) is 38.0 Å². The number of hydrogen-bond donors (Lipinski definition) is 1. The molecule has 2 aromatic rings. The van der Waals surface area contributed by atoms with Crippen molar-refractivity contribution in [1.29, 1.82) is 0 Å². The lowest BCUT2D eigenvalue weighted by atomic mass is 10.2. The molecule has 1 aliphatic heterocycles. The predicted molar refractivity (Wildman–Crippen MR) is 83.5 cm³/mol. The predicted octanol–water partition coefficient (Wildman–Crippen LogP) is 2.03. The summed E-state index contributed by atoms with van der Waals surface area (Å²) in [6, 6.07) is 9.03. The molecule has 3 rings (SSSR count). The fourth-order valence-electron chi connectivity index (χ4n) is 2.82. The standard InChI is InChI=1S/C15H20N4O2S/c1-2-14-16-15(18-17-14)13-9-6-10-19(13)22(20,21)11-12-7-4-3-5-8-12/h3-5,7-8,13H,2,6,9-11H2,1H3,(H,16,17,18)/t13-/m0/s1. The van der Waals surface area contributed by atoms with Crippen LogP contribution in [0.4, 0.5) is 0 Å². The van der Waals surface area contributed by atoms with Gasteiger partial charge in [-0.15, -0.1) is 0 Å². The fraction of sp³-hybridized carbons (Fsp3) is 0.467. The summed E-state index contributed by atoms with van der Waals surface area (Å²) < 4.78 is 27.0. The summed E-state index contributed by atoms with van der Waals surface area (Å²) in [4.78, 5) is 4.41. The average molecular weight is 320 g/mol. The minimum Gasteiger partial charge on any atom is -0.263 e. The number of benzene rings is 1. The number of nitrogens with one attached hydrogen (secondary N) is 1. The molecule has 1 aliphatic rings. The first-order valence-electron chi connectivity index (χ1n) is 7.55. The van der Waals surface area contributed by atoms with Crippen molar-refractivity contribution in [2.24, 2.45) is 0 Å².